The van der Waals surface area contributed by atoms with E-state index in [-0.39, 0.29) is 5.97 Å². The lowest BCUT2D eigenvalue weighted by Crippen LogP contribution is -2.07. The molecule has 0 saturated heterocycles. The van der Waals surface area contributed by atoms with Gasteiger partial charge in [-0.15, -0.1) is 0 Å². The van der Waals surface area contributed by atoms with Gasteiger partial charge in [-0.3, -0.25) is 4.79 Å². The minimum Gasteiger partial charge on any atom is -0.466 e. The van der Waals surface area contributed by atoms with Crippen LogP contribution in [0.15, 0.2) is 36.5 Å². The molecule has 0 spiro atoms. The van der Waals surface area contributed by atoms with E-state index in [1.54, 1.807) is 7.11 Å². The van der Waals surface area contributed by atoms with Crippen molar-refractivity contribution in [2.24, 2.45) is 0 Å². The van der Waals surface area contributed by atoms with Crippen molar-refractivity contribution in [3.8, 4) is 0 Å². The van der Waals surface area contributed by atoms with E-state index in [9.17, 15) is 4.79 Å². The molecule has 0 aromatic rings. The molecule has 0 N–H and O–H groups in total. The second kappa shape index (κ2) is 20.7. The van der Waals surface area contributed by atoms with E-state index in [1.165, 1.54) is 38.5 Å². The summed E-state index contributed by atoms with van der Waals surface area (Å²) in [4.78, 5) is 11.5. The quantitative estimate of drug-likeness (QED) is 0.179. The third-order valence-electron chi connectivity index (χ3n) is 3.84. The predicted octanol–water partition coefficient (Wildman–Crippen LogP) is 6.16. The van der Waals surface area contributed by atoms with Crippen LogP contribution in [-0.4, -0.2) is 26.3 Å². The van der Waals surface area contributed by atoms with Gasteiger partial charge in [0.1, 0.15) is 0 Å². The maximum absolute atomic E-state index is 11.5. The van der Waals surface area contributed by atoms with Crippen LogP contribution in [0, 0.1) is 0 Å². The van der Waals surface area contributed by atoms with Crippen molar-refractivity contribution in [2.75, 3.05) is 20.3 Å². The van der Waals surface area contributed by atoms with E-state index in [0.717, 1.165) is 25.7 Å². The molecule has 3 nitrogen and oxygen atoms in total. The third-order valence-corrected chi connectivity index (χ3v) is 3.84. The van der Waals surface area contributed by atoms with E-state index < -0.39 is 0 Å². The van der Waals surface area contributed by atoms with Gasteiger partial charge in [-0.1, -0.05) is 75.5 Å². The maximum Gasteiger partial charge on any atom is 0.305 e. The highest BCUT2D eigenvalue weighted by molar-refractivity contribution is 5.69. The molecule has 0 unspecified atom stereocenters. The number of ether oxygens (including phenoxy) is 2. The van der Waals surface area contributed by atoms with E-state index in [2.05, 4.69) is 43.4 Å². The first kappa shape index (κ1) is 23.6. The number of esters is 1. The molecule has 0 aliphatic rings. The fourth-order valence-corrected chi connectivity index (χ4v) is 2.32. The second-order valence-electron chi connectivity index (χ2n) is 6.26. The van der Waals surface area contributed by atoms with Gasteiger partial charge in [-0.05, 0) is 25.7 Å². The van der Waals surface area contributed by atoms with Crippen molar-refractivity contribution in [1.29, 1.82) is 0 Å². The van der Waals surface area contributed by atoms with Gasteiger partial charge < -0.3 is 9.47 Å². The molecular weight excluding hydrogens is 312 g/mol. The number of carbonyl (C=O) groups excluding carboxylic acids is 1. The molecule has 0 amide bonds. The zero-order valence-corrected chi connectivity index (χ0v) is 16.4. The number of hydrogen-bond donors (Lipinski definition) is 0. The maximum atomic E-state index is 11.5. The lowest BCUT2D eigenvalue weighted by Gasteiger charge is -2.04. The largest absolute Gasteiger partial charge is 0.466 e. The summed E-state index contributed by atoms with van der Waals surface area (Å²) in [7, 11) is 1.65. The Hall–Kier alpha value is -1.35. The Morgan fingerprint density at radius 3 is 2.08 bits per heavy atom. The highest BCUT2D eigenvalue weighted by Crippen LogP contribution is 2.08. The van der Waals surface area contributed by atoms with Gasteiger partial charge in [-0.25, -0.2) is 0 Å². The molecule has 0 bridgehead atoms. The molecule has 3 heteroatoms. The van der Waals surface area contributed by atoms with Gasteiger partial charge in [0.2, 0.25) is 0 Å². The van der Waals surface area contributed by atoms with Crippen molar-refractivity contribution in [2.45, 2.75) is 77.6 Å². The van der Waals surface area contributed by atoms with Crippen LogP contribution in [0.3, 0.4) is 0 Å². The van der Waals surface area contributed by atoms with Crippen LogP contribution in [0.25, 0.3) is 0 Å². The van der Waals surface area contributed by atoms with Crippen LogP contribution in [-0.2, 0) is 14.3 Å². The average molecular weight is 351 g/mol. The molecule has 0 aliphatic carbocycles. The number of methoxy groups -OCH3 is 1. The lowest BCUT2D eigenvalue weighted by atomic mass is 10.1. The summed E-state index contributed by atoms with van der Waals surface area (Å²) in [5.41, 5.74) is 0. The number of rotatable bonds is 17. The molecule has 144 valence electrons. The molecule has 0 fully saturated rings. The average Bonchev–Trinajstić information content (AvgIpc) is 2.62. The van der Waals surface area contributed by atoms with E-state index >= 15 is 0 Å². The van der Waals surface area contributed by atoms with Crippen molar-refractivity contribution in [3.05, 3.63) is 36.5 Å². The van der Waals surface area contributed by atoms with Crippen molar-refractivity contribution >= 4 is 5.97 Å². The summed E-state index contributed by atoms with van der Waals surface area (Å²) in [6.07, 6.45) is 24.8. The van der Waals surface area contributed by atoms with Crippen LogP contribution in [0.1, 0.15) is 77.6 Å². The van der Waals surface area contributed by atoms with Crippen molar-refractivity contribution in [1.82, 2.24) is 0 Å². The molecular formula is C22H38O3. The highest BCUT2D eigenvalue weighted by Gasteiger charge is 2.01. The zero-order chi connectivity index (χ0) is 18.4. The van der Waals surface area contributed by atoms with Crippen molar-refractivity contribution in [3.63, 3.8) is 0 Å². The van der Waals surface area contributed by atoms with Crippen LogP contribution < -0.4 is 0 Å². The summed E-state index contributed by atoms with van der Waals surface area (Å²) in [5, 5.41) is 0. The van der Waals surface area contributed by atoms with Crippen LogP contribution in [0.5, 0.6) is 0 Å². The Balaban J connectivity index is 3.32. The first-order chi connectivity index (χ1) is 12.3. The minimum atomic E-state index is -0.0745. The van der Waals surface area contributed by atoms with Crippen LogP contribution >= 0.6 is 0 Å². The number of unbranched alkanes of at least 4 members (excludes halogenated alkanes) is 7. The van der Waals surface area contributed by atoms with Gasteiger partial charge in [0, 0.05) is 26.6 Å². The molecule has 0 aromatic carbocycles. The van der Waals surface area contributed by atoms with Gasteiger partial charge >= 0.3 is 5.97 Å². The van der Waals surface area contributed by atoms with Crippen LogP contribution in [0.4, 0.5) is 0 Å². The van der Waals surface area contributed by atoms with E-state index in [1.807, 2.05) is 0 Å². The summed E-state index contributed by atoms with van der Waals surface area (Å²) in [5.74, 6) is -0.0745. The number of carbonyl (C=O) groups is 1. The summed E-state index contributed by atoms with van der Waals surface area (Å²) >= 11 is 0. The van der Waals surface area contributed by atoms with Crippen molar-refractivity contribution < 1.29 is 14.3 Å². The fourth-order valence-electron chi connectivity index (χ4n) is 2.32. The van der Waals surface area contributed by atoms with Gasteiger partial charge in [0.25, 0.3) is 0 Å². The van der Waals surface area contributed by atoms with Gasteiger partial charge in [0.05, 0.1) is 6.61 Å². The molecule has 0 aromatic heterocycles. The zero-order valence-electron chi connectivity index (χ0n) is 16.4. The molecule has 0 atom stereocenters. The molecule has 0 radical (unpaired) electrons. The smallest absolute Gasteiger partial charge is 0.305 e. The topological polar surface area (TPSA) is 35.5 Å². The monoisotopic (exact) mass is 350 g/mol. The summed E-state index contributed by atoms with van der Waals surface area (Å²) in [6, 6.07) is 0. The first-order valence-electron chi connectivity index (χ1n) is 9.94. The summed E-state index contributed by atoms with van der Waals surface area (Å²) in [6.45, 7) is 3.33. The first-order valence-corrected chi connectivity index (χ1v) is 9.94. The van der Waals surface area contributed by atoms with Gasteiger partial charge in [-0.2, -0.15) is 0 Å². The van der Waals surface area contributed by atoms with E-state index in [0.29, 0.717) is 19.6 Å². The molecule has 0 saturated carbocycles. The minimum absolute atomic E-state index is 0.0745. The highest BCUT2D eigenvalue weighted by atomic mass is 16.5. The number of allylic oxidation sites excluding steroid dienone is 6. The Bertz CT molecular complexity index is 369. The Morgan fingerprint density at radius 1 is 0.760 bits per heavy atom. The lowest BCUT2D eigenvalue weighted by molar-refractivity contribution is -0.144. The molecule has 0 rings (SSSR count). The van der Waals surface area contributed by atoms with E-state index in [4.69, 9.17) is 9.47 Å². The molecule has 0 aliphatic heterocycles. The fraction of sp³-hybridized carbons (Fsp3) is 0.682. The number of hydrogen-bond acceptors (Lipinski definition) is 3. The second-order valence-corrected chi connectivity index (χ2v) is 6.26. The summed E-state index contributed by atoms with van der Waals surface area (Å²) < 4.78 is 10.0. The Labute approximate surface area is 155 Å². The Morgan fingerprint density at radius 2 is 1.40 bits per heavy atom. The standard InChI is InChI=1S/C22H38O3/c1-3-4-5-6-7-8-9-10-11-12-13-14-15-16-17-19-22(23)25-21-18-20-24-2/h6-11H,3-5,12-21H2,1-2H3. The van der Waals surface area contributed by atoms with Crippen LogP contribution in [0.2, 0.25) is 0 Å². The van der Waals surface area contributed by atoms with Gasteiger partial charge in [0.15, 0.2) is 0 Å². The third kappa shape index (κ3) is 20.6. The molecule has 0 heterocycles. The Kier molecular flexibility index (Phi) is 19.6. The SMILES string of the molecule is CCCCC=CC=CC=CCCCCCCCC(=O)OCCCOC. The normalized spacial score (nSPS) is 11.9. The molecule has 25 heavy (non-hydrogen) atoms. The predicted molar refractivity (Wildman–Crippen MR) is 107 cm³/mol.